The average molecular weight is 401 g/mol. The lowest BCUT2D eigenvalue weighted by Gasteiger charge is -2.12. The fourth-order valence-electron chi connectivity index (χ4n) is 2.49. The predicted octanol–water partition coefficient (Wildman–Crippen LogP) is 3.43. The zero-order valence-electron chi connectivity index (χ0n) is 16.5. The number of methoxy groups -OCH3 is 1. The van der Waals surface area contributed by atoms with E-state index in [1.807, 2.05) is 62.4 Å². The van der Waals surface area contributed by atoms with Gasteiger partial charge in [-0.15, -0.1) is 0 Å². The lowest BCUT2D eigenvalue weighted by molar-refractivity contribution is 0.250. The summed E-state index contributed by atoms with van der Waals surface area (Å²) in [5.41, 5.74) is 3.05. The van der Waals surface area contributed by atoms with E-state index in [2.05, 4.69) is 21.3 Å². The first-order valence-corrected chi connectivity index (χ1v) is 9.68. The van der Waals surface area contributed by atoms with Crippen LogP contribution < -0.4 is 26.0 Å². The Morgan fingerprint density at radius 1 is 1.00 bits per heavy atom. The molecule has 7 heteroatoms. The Kier molecular flexibility index (Phi) is 8.55. The van der Waals surface area contributed by atoms with Gasteiger partial charge in [0.25, 0.3) is 0 Å². The number of carbonyl (C=O) groups is 1. The maximum Gasteiger partial charge on any atom is 0.319 e. The molecule has 0 aliphatic rings. The largest absolute Gasteiger partial charge is 0.497 e. The summed E-state index contributed by atoms with van der Waals surface area (Å²) in [6.07, 6.45) is 0.880. The number of hydrogen-bond donors (Lipinski definition) is 4. The number of thiocarbonyl (C=S) groups is 1. The minimum atomic E-state index is -0.205. The van der Waals surface area contributed by atoms with Crippen molar-refractivity contribution >= 4 is 29.0 Å². The third-order valence-corrected chi connectivity index (χ3v) is 4.23. The van der Waals surface area contributed by atoms with Crippen molar-refractivity contribution in [2.24, 2.45) is 0 Å². The van der Waals surface area contributed by atoms with Gasteiger partial charge in [0.2, 0.25) is 0 Å². The van der Waals surface area contributed by atoms with Gasteiger partial charge in [0, 0.05) is 24.8 Å². The van der Waals surface area contributed by atoms with Crippen LogP contribution in [0.5, 0.6) is 5.75 Å². The monoisotopic (exact) mass is 400 g/mol. The van der Waals surface area contributed by atoms with Gasteiger partial charge in [-0.1, -0.05) is 24.3 Å². The molecule has 28 heavy (non-hydrogen) atoms. The van der Waals surface area contributed by atoms with E-state index < -0.39 is 0 Å². The summed E-state index contributed by atoms with van der Waals surface area (Å²) < 4.78 is 5.16. The van der Waals surface area contributed by atoms with Gasteiger partial charge in [0.05, 0.1) is 7.11 Å². The molecule has 0 radical (unpaired) electrons. The van der Waals surface area contributed by atoms with Gasteiger partial charge in [0.1, 0.15) is 5.75 Å². The van der Waals surface area contributed by atoms with E-state index in [-0.39, 0.29) is 12.1 Å². The van der Waals surface area contributed by atoms with Crippen LogP contribution in [0, 0.1) is 0 Å². The first kappa shape index (κ1) is 21.5. The van der Waals surface area contributed by atoms with Gasteiger partial charge in [-0.25, -0.2) is 4.79 Å². The van der Waals surface area contributed by atoms with E-state index in [1.165, 1.54) is 5.56 Å². The molecule has 150 valence electrons. The van der Waals surface area contributed by atoms with Crippen LogP contribution in [0.15, 0.2) is 48.5 Å². The predicted molar refractivity (Wildman–Crippen MR) is 118 cm³/mol. The topological polar surface area (TPSA) is 74.4 Å². The zero-order chi connectivity index (χ0) is 20.4. The van der Waals surface area contributed by atoms with Crippen LogP contribution in [-0.2, 0) is 13.0 Å². The quantitative estimate of drug-likeness (QED) is 0.511. The molecular formula is C21H28N4O2S. The number of rotatable bonds is 8. The van der Waals surface area contributed by atoms with Gasteiger partial charge in [0.15, 0.2) is 5.11 Å². The number of carbonyl (C=O) groups excluding carboxylic acids is 1. The van der Waals surface area contributed by atoms with Crippen molar-refractivity contribution in [2.75, 3.05) is 19.0 Å². The lowest BCUT2D eigenvalue weighted by atomic mass is 10.1. The highest BCUT2D eigenvalue weighted by Crippen LogP contribution is 2.11. The molecule has 2 aromatic rings. The van der Waals surface area contributed by atoms with Crippen LogP contribution >= 0.6 is 12.2 Å². The number of nitrogens with one attached hydrogen (secondary N) is 4. The van der Waals surface area contributed by atoms with Gasteiger partial charge >= 0.3 is 6.03 Å². The standard InChI is InChI=1S/C21H28N4O2S/c1-15(2)24-20(26)25-18-8-4-17(5-9-18)14-23-21(28)22-13-12-16-6-10-19(27-3)11-7-16/h4-11,15H,12-14H2,1-3H3,(H2,22,23,28)(H2,24,25,26). The summed E-state index contributed by atoms with van der Waals surface area (Å²) in [7, 11) is 1.66. The molecule has 0 aliphatic heterocycles. The molecule has 4 N–H and O–H groups in total. The zero-order valence-corrected chi connectivity index (χ0v) is 17.4. The Balaban J connectivity index is 1.68. The molecule has 0 heterocycles. The summed E-state index contributed by atoms with van der Waals surface area (Å²) in [5, 5.41) is 12.6. The molecule has 2 aromatic carbocycles. The molecule has 0 atom stereocenters. The number of urea groups is 1. The molecule has 0 saturated carbocycles. The number of anilines is 1. The molecule has 0 fully saturated rings. The Morgan fingerprint density at radius 2 is 1.64 bits per heavy atom. The summed E-state index contributed by atoms with van der Waals surface area (Å²) >= 11 is 5.32. The highest BCUT2D eigenvalue weighted by molar-refractivity contribution is 7.80. The van der Waals surface area contributed by atoms with Gasteiger partial charge in [-0.3, -0.25) is 0 Å². The molecule has 2 amide bonds. The minimum Gasteiger partial charge on any atom is -0.497 e. The Morgan fingerprint density at radius 3 is 2.25 bits per heavy atom. The Bertz CT molecular complexity index is 761. The van der Waals surface area contributed by atoms with Crippen molar-refractivity contribution < 1.29 is 9.53 Å². The SMILES string of the molecule is COc1ccc(CCNC(=S)NCc2ccc(NC(=O)NC(C)C)cc2)cc1. The number of ether oxygens (including phenoxy) is 1. The van der Waals surface area contributed by atoms with Crippen molar-refractivity contribution in [1.29, 1.82) is 0 Å². The molecule has 0 aromatic heterocycles. The first-order chi connectivity index (χ1) is 13.5. The van der Waals surface area contributed by atoms with E-state index in [9.17, 15) is 4.79 Å². The second kappa shape index (κ2) is 11.1. The van der Waals surface area contributed by atoms with Crippen LogP contribution in [0.1, 0.15) is 25.0 Å². The molecule has 0 unspecified atom stereocenters. The molecule has 0 bridgehead atoms. The molecule has 0 spiro atoms. The van der Waals surface area contributed by atoms with Crippen LogP contribution in [0.4, 0.5) is 10.5 Å². The molecule has 0 saturated heterocycles. The Hall–Kier alpha value is -2.80. The van der Waals surface area contributed by atoms with E-state index in [0.29, 0.717) is 11.7 Å². The van der Waals surface area contributed by atoms with Crippen LogP contribution in [0.25, 0.3) is 0 Å². The number of amides is 2. The van der Waals surface area contributed by atoms with E-state index in [4.69, 9.17) is 17.0 Å². The van der Waals surface area contributed by atoms with Crippen LogP contribution in [-0.4, -0.2) is 30.8 Å². The van der Waals surface area contributed by atoms with Crippen molar-refractivity contribution in [3.05, 3.63) is 59.7 Å². The maximum absolute atomic E-state index is 11.7. The number of benzene rings is 2. The highest BCUT2D eigenvalue weighted by Gasteiger charge is 2.03. The summed E-state index contributed by atoms with van der Waals surface area (Å²) in [5.74, 6) is 0.857. The van der Waals surface area contributed by atoms with Crippen LogP contribution in [0.3, 0.4) is 0 Å². The first-order valence-electron chi connectivity index (χ1n) is 9.27. The third-order valence-electron chi connectivity index (χ3n) is 3.94. The molecular weight excluding hydrogens is 372 g/mol. The van der Waals surface area contributed by atoms with Crippen molar-refractivity contribution in [3.63, 3.8) is 0 Å². The summed E-state index contributed by atoms with van der Waals surface area (Å²) in [4.78, 5) is 11.7. The number of hydrogen-bond acceptors (Lipinski definition) is 3. The minimum absolute atomic E-state index is 0.0988. The van der Waals surface area contributed by atoms with E-state index in [1.54, 1.807) is 7.11 Å². The fourth-order valence-corrected chi connectivity index (χ4v) is 2.67. The second-order valence-corrected chi connectivity index (χ2v) is 7.07. The van der Waals surface area contributed by atoms with Crippen LogP contribution in [0.2, 0.25) is 0 Å². The second-order valence-electron chi connectivity index (χ2n) is 6.66. The summed E-state index contributed by atoms with van der Waals surface area (Å²) in [6, 6.07) is 15.6. The fraction of sp³-hybridized carbons (Fsp3) is 0.333. The van der Waals surface area contributed by atoms with Gasteiger partial charge < -0.3 is 26.0 Å². The normalized spacial score (nSPS) is 10.3. The van der Waals surface area contributed by atoms with E-state index in [0.717, 1.165) is 30.0 Å². The highest BCUT2D eigenvalue weighted by atomic mass is 32.1. The van der Waals surface area contributed by atoms with Gasteiger partial charge in [-0.05, 0) is 67.9 Å². The summed E-state index contributed by atoms with van der Waals surface area (Å²) in [6.45, 7) is 5.21. The van der Waals surface area contributed by atoms with Crippen molar-refractivity contribution in [3.8, 4) is 5.75 Å². The van der Waals surface area contributed by atoms with E-state index >= 15 is 0 Å². The molecule has 6 nitrogen and oxygen atoms in total. The lowest BCUT2D eigenvalue weighted by Crippen LogP contribution is -2.36. The van der Waals surface area contributed by atoms with Gasteiger partial charge in [-0.2, -0.15) is 0 Å². The third kappa shape index (κ3) is 7.84. The Labute approximate surface area is 172 Å². The molecule has 2 rings (SSSR count). The molecule has 0 aliphatic carbocycles. The average Bonchev–Trinajstić information content (AvgIpc) is 2.67. The maximum atomic E-state index is 11.7. The van der Waals surface area contributed by atoms with Crippen molar-refractivity contribution in [1.82, 2.24) is 16.0 Å². The van der Waals surface area contributed by atoms with Crippen molar-refractivity contribution in [2.45, 2.75) is 32.9 Å². The smallest absolute Gasteiger partial charge is 0.319 e.